The quantitative estimate of drug-likeness (QED) is 0.933. The average molecular weight is 283 g/mol. The third kappa shape index (κ3) is 3.31. The van der Waals surface area contributed by atoms with E-state index < -0.39 is 0 Å². The minimum atomic E-state index is 0.156. The molecule has 6 heteroatoms. The molecule has 0 amide bonds. The lowest BCUT2D eigenvalue weighted by molar-refractivity contribution is 0.868. The molecule has 1 N–H and O–H groups in total. The van der Waals surface area contributed by atoms with Crippen molar-refractivity contribution in [3.63, 3.8) is 0 Å². The Balaban J connectivity index is 2.41. The monoisotopic (exact) mass is 282 g/mol. The van der Waals surface area contributed by atoms with Crippen LogP contribution in [0.1, 0.15) is 13.8 Å². The van der Waals surface area contributed by atoms with E-state index >= 15 is 0 Å². The third-order valence-corrected chi connectivity index (χ3v) is 2.51. The first-order valence-corrected chi connectivity index (χ1v) is 6.24. The Morgan fingerprint density at radius 1 is 1.11 bits per heavy atom. The van der Waals surface area contributed by atoms with Crippen LogP contribution in [0.25, 0.3) is 11.4 Å². The summed E-state index contributed by atoms with van der Waals surface area (Å²) in [6.07, 6.45) is 0. The van der Waals surface area contributed by atoms with E-state index in [0.29, 0.717) is 16.8 Å². The van der Waals surface area contributed by atoms with Crippen molar-refractivity contribution in [2.45, 2.75) is 19.9 Å². The highest BCUT2D eigenvalue weighted by molar-refractivity contribution is 6.30. The summed E-state index contributed by atoms with van der Waals surface area (Å²) in [5, 5.41) is 3.87. The zero-order valence-corrected chi connectivity index (χ0v) is 11.5. The van der Waals surface area contributed by atoms with Gasteiger partial charge in [-0.2, -0.15) is 15.0 Å². The zero-order valence-electron chi connectivity index (χ0n) is 9.98. The second-order valence-electron chi connectivity index (χ2n) is 4.06. The minimum absolute atomic E-state index is 0.156. The Morgan fingerprint density at radius 2 is 1.89 bits per heavy atom. The molecular formula is C12H12Cl2N4. The SMILES string of the molecule is CC(C)Nc1nc(Cl)nc(-c2cccc(Cl)c2)n1. The summed E-state index contributed by atoms with van der Waals surface area (Å²) in [5.74, 6) is 0.959. The molecule has 1 aromatic carbocycles. The van der Waals surface area contributed by atoms with Gasteiger partial charge in [-0.25, -0.2) is 0 Å². The van der Waals surface area contributed by atoms with Gasteiger partial charge in [-0.1, -0.05) is 23.7 Å². The van der Waals surface area contributed by atoms with Crippen LogP contribution in [0, 0.1) is 0 Å². The van der Waals surface area contributed by atoms with Crippen LogP contribution in [-0.4, -0.2) is 21.0 Å². The fraction of sp³-hybridized carbons (Fsp3) is 0.250. The van der Waals surface area contributed by atoms with Gasteiger partial charge in [0.15, 0.2) is 5.82 Å². The Hall–Kier alpha value is -1.39. The molecule has 4 nitrogen and oxygen atoms in total. The van der Waals surface area contributed by atoms with Gasteiger partial charge in [-0.3, -0.25) is 0 Å². The van der Waals surface area contributed by atoms with Gasteiger partial charge in [0, 0.05) is 16.6 Å². The van der Waals surface area contributed by atoms with Crippen molar-refractivity contribution in [1.29, 1.82) is 0 Å². The van der Waals surface area contributed by atoms with E-state index in [1.54, 1.807) is 12.1 Å². The molecule has 0 saturated heterocycles. The lowest BCUT2D eigenvalue weighted by Crippen LogP contribution is -2.13. The van der Waals surface area contributed by atoms with Gasteiger partial charge in [0.2, 0.25) is 11.2 Å². The van der Waals surface area contributed by atoms with Crippen molar-refractivity contribution in [2.75, 3.05) is 5.32 Å². The lowest BCUT2D eigenvalue weighted by Gasteiger charge is -2.09. The van der Waals surface area contributed by atoms with Gasteiger partial charge < -0.3 is 5.32 Å². The maximum atomic E-state index is 5.94. The highest BCUT2D eigenvalue weighted by Crippen LogP contribution is 2.21. The van der Waals surface area contributed by atoms with Crippen molar-refractivity contribution in [3.8, 4) is 11.4 Å². The van der Waals surface area contributed by atoms with Crippen LogP contribution in [0.4, 0.5) is 5.95 Å². The summed E-state index contributed by atoms with van der Waals surface area (Å²) in [6, 6.07) is 7.51. The number of hydrogen-bond acceptors (Lipinski definition) is 4. The molecule has 0 bridgehead atoms. The van der Waals surface area contributed by atoms with E-state index in [0.717, 1.165) is 5.56 Å². The number of aromatic nitrogens is 3. The Labute approximate surface area is 115 Å². The standard InChI is InChI=1S/C12H12Cl2N4/c1-7(2)15-12-17-10(16-11(14)18-12)8-4-3-5-9(13)6-8/h3-7H,1-2H3,(H,15,16,17,18). The van der Waals surface area contributed by atoms with Crippen LogP contribution in [0.3, 0.4) is 0 Å². The van der Waals surface area contributed by atoms with E-state index in [4.69, 9.17) is 23.2 Å². The fourth-order valence-corrected chi connectivity index (χ4v) is 1.78. The first kappa shape index (κ1) is 13.1. The minimum Gasteiger partial charge on any atom is -0.352 e. The zero-order chi connectivity index (χ0) is 13.1. The van der Waals surface area contributed by atoms with Crippen LogP contribution in [-0.2, 0) is 0 Å². The summed E-state index contributed by atoms with van der Waals surface area (Å²) in [5.41, 5.74) is 0.804. The van der Waals surface area contributed by atoms with Gasteiger partial charge in [-0.15, -0.1) is 0 Å². The number of hydrogen-bond donors (Lipinski definition) is 1. The normalized spacial score (nSPS) is 10.7. The third-order valence-electron chi connectivity index (χ3n) is 2.11. The molecule has 0 fully saturated rings. The van der Waals surface area contributed by atoms with Gasteiger partial charge in [-0.05, 0) is 37.6 Å². The summed E-state index contributed by atoms with van der Waals surface area (Å²) >= 11 is 11.8. The van der Waals surface area contributed by atoms with Crippen LogP contribution in [0.5, 0.6) is 0 Å². The average Bonchev–Trinajstić information content (AvgIpc) is 2.27. The predicted octanol–water partition coefficient (Wildman–Crippen LogP) is 3.67. The van der Waals surface area contributed by atoms with Crippen molar-refractivity contribution in [1.82, 2.24) is 15.0 Å². The highest BCUT2D eigenvalue weighted by atomic mass is 35.5. The maximum Gasteiger partial charge on any atom is 0.227 e. The first-order valence-electron chi connectivity index (χ1n) is 5.48. The van der Waals surface area contributed by atoms with Crippen molar-refractivity contribution in [2.24, 2.45) is 0 Å². The topological polar surface area (TPSA) is 50.7 Å². The number of halogens is 2. The summed E-state index contributed by atoms with van der Waals surface area (Å²) < 4.78 is 0. The summed E-state index contributed by atoms with van der Waals surface area (Å²) in [4.78, 5) is 12.4. The maximum absolute atomic E-state index is 5.94. The molecule has 0 aliphatic carbocycles. The summed E-state index contributed by atoms with van der Waals surface area (Å²) in [7, 11) is 0. The molecule has 0 spiro atoms. The molecule has 18 heavy (non-hydrogen) atoms. The number of rotatable bonds is 3. The highest BCUT2D eigenvalue weighted by Gasteiger charge is 2.08. The molecule has 0 aliphatic heterocycles. The van der Waals surface area contributed by atoms with E-state index in [1.807, 2.05) is 26.0 Å². The van der Waals surface area contributed by atoms with Crippen molar-refractivity contribution in [3.05, 3.63) is 34.6 Å². The van der Waals surface area contributed by atoms with Gasteiger partial charge in [0.25, 0.3) is 0 Å². The molecular weight excluding hydrogens is 271 g/mol. The smallest absolute Gasteiger partial charge is 0.227 e. The van der Waals surface area contributed by atoms with Crippen molar-refractivity contribution >= 4 is 29.2 Å². The number of nitrogens with zero attached hydrogens (tertiary/aromatic N) is 3. The number of anilines is 1. The fourth-order valence-electron chi connectivity index (χ4n) is 1.43. The lowest BCUT2D eigenvalue weighted by atomic mass is 10.2. The van der Waals surface area contributed by atoms with E-state index in [-0.39, 0.29) is 11.3 Å². The molecule has 2 aromatic rings. The molecule has 0 unspecified atom stereocenters. The molecule has 0 saturated carbocycles. The van der Waals surface area contributed by atoms with E-state index in [9.17, 15) is 0 Å². The molecule has 0 radical (unpaired) electrons. The van der Waals surface area contributed by atoms with Crippen molar-refractivity contribution < 1.29 is 0 Å². The predicted molar refractivity (Wildman–Crippen MR) is 74.0 cm³/mol. The molecule has 0 atom stereocenters. The van der Waals surface area contributed by atoms with Crippen LogP contribution >= 0.6 is 23.2 Å². The van der Waals surface area contributed by atoms with Gasteiger partial charge in [0.05, 0.1) is 0 Å². The molecule has 94 valence electrons. The second-order valence-corrected chi connectivity index (χ2v) is 4.84. The van der Waals surface area contributed by atoms with Crippen LogP contribution in [0.2, 0.25) is 10.3 Å². The molecule has 2 rings (SSSR count). The Bertz CT molecular complexity index is 558. The first-order chi connectivity index (χ1) is 8.54. The molecule has 1 aromatic heterocycles. The largest absolute Gasteiger partial charge is 0.352 e. The summed E-state index contributed by atoms with van der Waals surface area (Å²) in [6.45, 7) is 3.99. The van der Waals surface area contributed by atoms with E-state index in [1.165, 1.54) is 0 Å². The molecule has 0 aliphatic rings. The van der Waals surface area contributed by atoms with E-state index in [2.05, 4.69) is 20.3 Å². The van der Waals surface area contributed by atoms with Crippen LogP contribution < -0.4 is 5.32 Å². The number of nitrogens with one attached hydrogen (secondary N) is 1. The Morgan fingerprint density at radius 3 is 2.56 bits per heavy atom. The Kier molecular flexibility index (Phi) is 3.99. The number of benzene rings is 1. The molecule has 1 heterocycles. The van der Waals surface area contributed by atoms with Gasteiger partial charge >= 0.3 is 0 Å². The van der Waals surface area contributed by atoms with Gasteiger partial charge in [0.1, 0.15) is 0 Å². The second kappa shape index (κ2) is 5.50. The van der Waals surface area contributed by atoms with Crippen LogP contribution in [0.15, 0.2) is 24.3 Å².